The Morgan fingerprint density at radius 3 is 2.65 bits per heavy atom. The normalized spacial score (nSPS) is 11.9. The Labute approximate surface area is 152 Å². The summed E-state index contributed by atoms with van der Waals surface area (Å²) in [4.78, 5) is 24.0. The fraction of sp³-hybridized carbons (Fsp3) is 0.300. The zero-order valence-corrected chi connectivity index (χ0v) is 14.8. The number of anilines is 1. The van der Waals surface area contributed by atoms with Crippen molar-refractivity contribution in [1.29, 1.82) is 0 Å². The van der Waals surface area contributed by atoms with Crippen molar-refractivity contribution in [3.8, 4) is 17.2 Å². The predicted octanol–water partition coefficient (Wildman–Crippen LogP) is 3.72. The number of rotatable bonds is 7. The van der Waals surface area contributed by atoms with Crippen molar-refractivity contribution in [3.05, 3.63) is 47.5 Å². The van der Waals surface area contributed by atoms with E-state index >= 15 is 0 Å². The number of carbonyl (C=O) groups excluding carboxylic acids is 2. The molecular weight excluding hydrogens is 334 g/mol. The number of benzene rings is 2. The second-order valence-corrected chi connectivity index (χ2v) is 6.12. The van der Waals surface area contributed by atoms with E-state index in [-0.39, 0.29) is 24.9 Å². The van der Waals surface area contributed by atoms with Crippen LogP contribution in [0.1, 0.15) is 35.7 Å². The molecule has 3 rings (SSSR count). The average molecular weight is 355 g/mol. The molecule has 0 fully saturated rings. The highest BCUT2D eigenvalue weighted by atomic mass is 16.7. The first kappa shape index (κ1) is 17.8. The molecule has 1 amide bonds. The predicted molar refractivity (Wildman–Crippen MR) is 97.1 cm³/mol. The van der Waals surface area contributed by atoms with Crippen LogP contribution in [0.25, 0.3) is 0 Å². The fourth-order valence-electron chi connectivity index (χ4n) is 2.68. The summed E-state index contributed by atoms with van der Waals surface area (Å²) in [5.41, 5.74) is 1.96. The maximum Gasteiger partial charge on any atom is 0.231 e. The number of ketones is 1. The molecule has 2 aromatic carbocycles. The van der Waals surface area contributed by atoms with Crippen LogP contribution in [0.2, 0.25) is 0 Å². The molecule has 0 unspecified atom stereocenters. The lowest BCUT2D eigenvalue weighted by Gasteiger charge is -2.11. The van der Waals surface area contributed by atoms with E-state index in [0.717, 1.165) is 11.3 Å². The van der Waals surface area contributed by atoms with Gasteiger partial charge in [0.1, 0.15) is 5.75 Å². The van der Waals surface area contributed by atoms with Crippen molar-refractivity contribution in [2.24, 2.45) is 0 Å². The van der Waals surface area contributed by atoms with E-state index in [4.69, 9.17) is 14.2 Å². The van der Waals surface area contributed by atoms with Crippen LogP contribution in [0.15, 0.2) is 36.4 Å². The molecular formula is C20H21NO5. The maximum absolute atomic E-state index is 12.2. The highest BCUT2D eigenvalue weighted by Crippen LogP contribution is 2.37. The number of Topliss-reactive ketones (excluding diaryl/α,β-unsaturated/α-hetero) is 1. The van der Waals surface area contributed by atoms with Crippen molar-refractivity contribution in [3.63, 3.8) is 0 Å². The van der Waals surface area contributed by atoms with Gasteiger partial charge >= 0.3 is 0 Å². The molecule has 0 saturated carbocycles. The Hall–Kier alpha value is -3.02. The molecule has 2 aromatic rings. The van der Waals surface area contributed by atoms with Gasteiger partial charge in [-0.15, -0.1) is 0 Å². The summed E-state index contributed by atoms with van der Waals surface area (Å²) < 4.78 is 16.2. The third-order valence-electron chi connectivity index (χ3n) is 3.97. The molecule has 1 aliphatic rings. The smallest absolute Gasteiger partial charge is 0.231 e. The molecule has 0 aliphatic carbocycles. The van der Waals surface area contributed by atoms with Crippen molar-refractivity contribution >= 4 is 17.4 Å². The summed E-state index contributed by atoms with van der Waals surface area (Å²) in [7, 11) is 0. The standard InChI is InChI=1S/C20H21NO5/c1-13-5-3-6-15(9-13)24-8-4-7-20(23)21-17-11-19-18(25-12-26-19)10-16(17)14(2)22/h3,5-6,9-11H,4,7-8,12H2,1-2H3,(H,21,23). The van der Waals surface area contributed by atoms with Gasteiger partial charge in [-0.25, -0.2) is 0 Å². The minimum atomic E-state index is -0.181. The minimum Gasteiger partial charge on any atom is -0.494 e. The first-order valence-electron chi connectivity index (χ1n) is 8.47. The van der Waals surface area contributed by atoms with Gasteiger partial charge in [-0.2, -0.15) is 0 Å². The fourth-order valence-corrected chi connectivity index (χ4v) is 2.68. The largest absolute Gasteiger partial charge is 0.494 e. The van der Waals surface area contributed by atoms with E-state index in [2.05, 4.69) is 5.32 Å². The molecule has 0 atom stereocenters. The first-order chi connectivity index (χ1) is 12.5. The molecule has 0 bridgehead atoms. The third-order valence-corrected chi connectivity index (χ3v) is 3.97. The highest BCUT2D eigenvalue weighted by Gasteiger charge is 2.20. The van der Waals surface area contributed by atoms with E-state index in [1.54, 1.807) is 12.1 Å². The van der Waals surface area contributed by atoms with Gasteiger partial charge in [-0.1, -0.05) is 12.1 Å². The summed E-state index contributed by atoms with van der Waals surface area (Å²) in [5, 5.41) is 2.78. The van der Waals surface area contributed by atoms with Crippen LogP contribution in [-0.2, 0) is 4.79 Å². The molecule has 136 valence electrons. The number of hydrogen-bond donors (Lipinski definition) is 1. The van der Waals surface area contributed by atoms with Crippen molar-refractivity contribution in [1.82, 2.24) is 0 Å². The van der Waals surface area contributed by atoms with E-state index in [9.17, 15) is 9.59 Å². The molecule has 1 aliphatic heterocycles. The van der Waals surface area contributed by atoms with Crippen LogP contribution in [0.4, 0.5) is 5.69 Å². The number of aryl methyl sites for hydroxylation is 1. The second kappa shape index (κ2) is 7.91. The number of hydrogen-bond acceptors (Lipinski definition) is 5. The first-order valence-corrected chi connectivity index (χ1v) is 8.47. The minimum absolute atomic E-state index is 0.111. The maximum atomic E-state index is 12.2. The average Bonchev–Trinajstić information content (AvgIpc) is 3.05. The zero-order valence-electron chi connectivity index (χ0n) is 14.8. The van der Waals surface area contributed by atoms with Crippen molar-refractivity contribution in [2.75, 3.05) is 18.7 Å². The lowest BCUT2D eigenvalue weighted by molar-refractivity contribution is -0.116. The molecule has 0 spiro atoms. The zero-order chi connectivity index (χ0) is 18.5. The van der Waals surface area contributed by atoms with Crippen LogP contribution in [0.5, 0.6) is 17.2 Å². The van der Waals surface area contributed by atoms with Gasteiger partial charge in [-0.05, 0) is 44.0 Å². The van der Waals surface area contributed by atoms with Crippen LogP contribution < -0.4 is 19.5 Å². The Kier molecular flexibility index (Phi) is 5.41. The number of amides is 1. The molecule has 0 saturated heterocycles. The molecule has 6 nitrogen and oxygen atoms in total. The lowest BCUT2D eigenvalue weighted by atomic mass is 10.1. The van der Waals surface area contributed by atoms with Crippen LogP contribution in [0.3, 0.4) is 0 Å². The van der Waals surface area contributed by atoms with Gasteiger partial charge in [0, 0.05) is 18.1 Å². The van der Waals surface area contributed by atoms with E-state index in [0.29, 0.717) is 35.8 Å². The van der Waals surface area contributed by atoms with Gasteiger partial charge in [0.05, 0.1) is 12.3 Å². The second-order valence-electron chi connectivity index (χ2n) is 6.12. The van der Waals surface area contributed by atoms with Gasteiger partial charge in [0.15, 0.2) is 17.3 Å². The molecule has 0 aromatic heterocycles. The summed E-state index contributed by atoms with van der Waals surface area (Å²) in [6, 6.07) is 11.0. The Morgan fingerprint density at radius 2 is 1.92 bits per heavy atom. The van der Waals surface area contributed by atoms with Gasteiger partial charge in [0.2, 0.25) is 12.7 Å². The SMILES string of the molecule is CC(=O)c1cc2c(cc1NC(=O)CCCOc1cccc(C)c1)OCO2. The van der Waals surface area contributed by atoms with Gasteiger partial charge in [-0.3, -0.25) is 9.59 Å². The summed E-state index contributed by atoms with van der Waals surface area (Å²) in [6.45, 7) is 4.00. The Morgan fingerprint density at radius 1 is 1.15 bits per heavy atom. The summed E-state index contributed by atoms with van der Waals surface area (Å²) in [6.07, 6.45) is 0.858. The van der Waals surface area contributed by atoms with E-state index < -0.39 is 0 Å². The molecule has 0 radical (unpaired) electrons. The van der Waals surface area contributed by atoms with Crippen LogP contribution in [-0.4, -0.2) is 25.1 Å². The lowest BCUT2D eigenvalue weighted by Crippen LogP contribution is -2.15. The molecule has 26 heavy (non-hydrogen) atoms. The Bertz CT molecular complexity index is 831. The number of ether oxygens (including phenoxy) is 3. The molecule has 6 heteroatoms. The molecule has 1 N–H and O–H groups in total. The number of fused-ring (bicyclic) bond motifs is 1. The number of carbonyl (C=O) groups is 2. The summed E-state index contributed by atoms with van der Waals surface area (Å²) >= 11 is 0. The van der Waals surface area contributed by atoms with E-state index in [1.165, 1.54) is 6.92 Å². The highest BCUT2D eigenvalue weighted by molar-refractivity contribution is 6.04. The van der Waals surface area contributed by atoms with E-state index in [1.807, 2.05) is 31.2 Å². The third kappa shape index (κ3) is 4.33. The van der Waals surface area contributed by atoms with Crippen LogP contribution >= 0.6 is 0 Å². The Balaban J connectivity index is 1.54. The van der Waals surface area contributed by atoms with Gasteiger partial charge in [0.25, 0.3) is 0 Å². The number of nitrogens with one attached hydrogen (secondary N) is 1. The van der Waals surface area contributed by atoms with Crippen LogP contribution in [0, 0.1) is 6.92 Å². The monoisotopic (exact) mass is 355 g/mol. The topological polar surface area (TPSA) is 73.9 Å². The van der Waals surface area contributed by atoms with Crippen molar-refractivity contribution in [2.45, 2.75) is 26.7 Å². The molecule has 1 heterocycles. The van der Waals surface area contributed by atoms with Gasteiger partial charge < -0.3 is 19.5 Å². The quantitative estimate of drug-likeness (QED) is 0.605. The summed E-state index contributed by atoms with van der Waals surface area (Å²) in [5.74, 6) is 1.49. The van der Waals surface area contributed by atoms with Crippen molar-refractivity contribution < 1.29 is 23.8 Å².